The van der Waals surface area contributed by atoms with E-state index in [0.29, 0.717) is 48.8 Å². The summed E-state index contributed by atoms with van der Waals surface area (Å²) in [6.45, 7) is 7.42. The van der Waals surface area contributed by atoms with Gasteiger partial charge in [0.15, 0.2) is 0 Å². The minimum Gasteiger partial charge on any atom is -0.507 e. The maximum Gasteiger partial charge on any atom is 0.354 e. The number of hydrogen-bond donors (Lipinski definition) is 2. The molecule has 0 spiro atoms. The lowest BCUT2D eigenvalue weighted by atomic mass is 9.97. The van der Waals surface area contributed by atoms with Gasteiger partial charge in [-0.15, -0.1) is 0 Å². The quantitative estimate of drug-likeness (QED) is 0.272. The monoisotopic (exact) mass is 471 g/mol. The van der Waals surface area contributed by atoms with Crippen molar-refractivity contribution in [1.82, 2.24) is 14.8 Å². The molecule has 0 bridgehead atoms. The Morgan fingerprint density at radius 3 is 2.62 bits per heavy atom. The summed E-state index contributed by atoms with van der Waals surface area (Å²) < 4.78 is 15.7. The van der Waals surface area contributed by atoms with Crippen LogP contribution >= 0.6 is 0 Å². The SMILES string of the molecule is COC(=O)c1[nH]c(C)c(/C(O)=C2\C(=O)C(=O)N(CCCN3CCOCC3)C2c2ccco2)c1C. The van der Waals surface area contributed by atoms with Gasteiger partial charge in [0.25, 0.3) is 11.7 Å². The zero-order valence-electron chi connectivity index (χ0n) is 19.6. The van der Waals surface area contributed by atoms with E-state index in [4.69, 9.17) is 13.9 Å². The van der Waals surface area contributed by atoms with Gasteiger partial charge < -0.3 is 28.9 Å². The minimum absolute atomic E-state index is 0.0621. The number of carbonyl (C=O) groups is 3. The molecule has 0 radical (unpaired) electrons. The summed E-state index contributed by atoms with van der Waals surface area (Å²) in [5, 5.41) is 11.3. The number of aliphatic hydroxyl groups is 1. The molecule has 0 aromatic carbocycles. The molecule has 2 fully saturated rings. The third-order valence-electron chi connectivity index (χ3n) is 6.39. The van der Waals surface area contributed by atoms with Gasteiger partial charge in [-0.3, -0.25) is 14.5 Å². The molecule has 0 aliphatic carbocycles. The maximum atomic E-state index is 13.1. The van der Waals surface area contributed by atoms with Crippen molar-refractivity contribution in [1.29, 1.82) is 0 Å². The van der Waals surface area contributed by atoms with Crippen LogP contribution in [0.3, 0.4) is 0 Å². The van der Waals surface area contributed by atoms with Crippen molar-refractivity contribution < 1.29 is 33.4 Å². The molecule has 1 unspecified atom stereocenters. The van der Waals surface area contributed by atoms with Crippen LogP contribution in [0.1, 0.15) is 45.5 Å². The van der Waals surface area contributed by atoms with Gasteiger partial charge in [-0.05, 0) is 38.0 Å². The van der Waals surface area contributed by atoms with Gasteiger partial charge in [-0.1, -0.05) is 0 Å². The number of H-pyrrole nitrogens is 1. The van der Waals surface area contributed by atoms with Crippen LogP contribution in [0.2, 0.25) is 0 Å². The number of aromatic amines is 1. The smallest absolute Gasteiger partial charge is 0.354 e. The molecule has 1 amide bonds. The molecule has 2 aromatic heterocycles. The molecule has 4 heterocycles. The number of likely N-dealkylation sites (tertiary alicyclic amines) is 1. The number of ketones is 1. The van der Waals surface area contributed by atoms with Crippen molar-refractivity contribution in [2.45, 2.75) is 26.3 Å². The number of Topliss-reactive ketones (excluding diaryl/α,β-unsaturated/α-hetero) is 1. The molecule has 34 heavy (non-hydrogen) atoms. The number of methoxy groups -OCH3 is 1. The summed E-state index contributed by atoms with van der Waals surface area (Å²) in [7, 11) is 1.26. The number of hydrogen-bond acceptors (Lipinski definition) is 8. The zero-order valence-corrected chi connectivity index (χ0v) is 19.6. The Morgan fingerprint density at radius 1 is 1.24 bits per heavy atom. The van der Waals surface area contributed by atoms with Gasteiger partial charge in [-0.25, -0.2) is 4.79 Å². The number of aryl methyl sites for hydroxylation is 1. The summed E-state index contributed by atoms with van der Waals surface area (Å²) in [6, 6.07) is 2.48. The van der Waals surface area contributed by atoms with E-state index in [1.54, 1.807) is 26.0 Å². The minimum atomic E-state index is -0.866. The summed E-state index contributed by atoms with van der Waals surface area (Å²) >= 11 is 0. The summed E-state index contributed by atoms with van der Waals surface area (Å²) in [5.41, 5.74) is 1.32. The molecule has 182 valence electrons. The molecule has 2 aromatic rings. The number of nitrogens with one attached hydrogen (secondary N) is 1. The van der Waals surface area contributed by atoms with Crippen LogP contribution in [-0.2, 0) is 19.1 Å². The fourth-order valence-electron chi connectivity index (χ4n) is 4.69. The normalized spacial score (nSPS) is 20.8. The summed E-state index contributed by atoms with van der Waals surface area (Å²) in [5.74, 6) is -2.04. The van der Waals surface area contributed by atoms with E-state index in [2.05, 4.69) is 9.88 Å². The third kappa shape index (κ3) is 4.26. The molecule has 2 aliphatic heterocycles. The van der Waals surface area contributed by atoms with Gasteiger partial charge in [-0.2, -0.15) is 0 Å². The first kappa shape index (κ1) is 23.8. The topological polar surface area (TPSA) is 125 Å². The van der Waals surface area contributed by atoms with Gasteiger partial charge in [0.1, 0.15) is 23.3 Å². The Labute approximate surface area is 197 Å². The van der Waals surface area contributed by atoms with Gasteiger partial charge in [0.05, 0.1) is 32.2 Å². The van der Waals surface area contributed by atoms with Gasteiger partial charge in [0, 0.05) is 37.4 Å². The molecule has 2 saturated heterocycles. The second-order valence-corrected chi connectivity index (χ2v) is 8.43. The van der Waals surface area contributed by atoms with Gasteiger partial charge >= 0.3 is 5.97 Å². The number of furan rings is 1. The number of rotatable bonds is 7. The Bertz CT molecular complexity index is 1110. The van der Waals surface area contributed by atoms with Crippen molar-refractivity contribution in [2.75, 3.05) is 46.5 Å². The number of nitrogens with zero attached hydrogens (tertiary/aromatic N) is 2. The van der Waals surface area contributed by atoms with E-state index in [1.807, 2.05) is 0 Å². The van der Waals surface area contributed by atoms with E-state index in [1.165, 1.54) is 18.3 Å². The molecule has 10 nitrogen and oxygen atoms in total. The number of morpholine rings is 1. The van der Waals surface area contributed by atoms with Crippen LogP contribution in [-0.4, -0.2) is 84.1 Å². The standard InChI is InChI=1S/C24H29N3O7/c1-14-17(15(2)25-19(14)24(31)32-3)21(28)18-20(16-6-4-11-34-16)27(23(30)22(18)29)8-5-7-26-9-12-33-13-10-26/h4,6,11,20,25,28H,5,7-10,12-13H2,1-3H3/b21-18+. The Balaban J connectivity index is 1.69. The Kier molecular flexibility index (Phi) is 6.90. The number of carbonyl (C=O) groups excluding carboxylic acids is 3. The zero-order chi connectivity index (χ0) is 24.4. The molecule has 10 heteroatoms. The van der Waals surface area contributed by atoms with Crippen LogP contribution in [0.25, 0.3) is 5.76 Å². The third-order valence-corrected chi connectivity index (χ3v) is 6.39. The highest BCUT2D eigenvalue weighted by molar-refractivity contribution is 6.46. The lowest BCUT2D eigenvalue weighted by Gasteiger charge is -2.28. The predicted octanol–water partition coefficient (Wildman–Crippen LogP) is 2.16. The summed E-state index contributed by atoms with van der Waals surface area (Å²) in [4.78, 5) is 44.9. The van der Waals surface area contributed by atoms with E-state index >= 15 is 0 Å². The predicted molar refractivity (Wildman–Crippen MR) is 121 cm³/mol. The summed E-state index contributed by atoms with van der Waals surface area (Å²) in [6.07, 6.45) is 2.12. The molecule has 2 aliphatic rings. The number of amides is 1. The molecular weight excluding hydrogens is 442 g/mol. The first-order valence-electron chi connectivity index (χ1n) is 11.2. The van der Waals surface area contributed by atoms with Crippen molar-refractivity contribution in [3.63, 3.8) is 0 Å². The van der Waals surface area contributed by atoms with Crippen molar-refractivity contribution in [3.05, 3.63) is 52.2 Å². The van der Waals surface area contributed by atoms with Crippen LogP contribution in [0.4, 0.5) is 0 Å². The Hall–Kier alpha value is -3.37. The molecule has 1 atom stereocenters. The number of ether oxygens (including phenoxy) is 2. The first-order chi connectivity index (χ1) is 16.3. The lowest BCUT2D eigenvalue weighted by molar-refractivity contribution is -0.140. The number of esters is 1. The van der Waals surface area contributed by atoms with E-state index in [-0.39, 0.29) is 17.0 Å². The molecular formula is C24H29N3O7. The molecule has 4 rings (SSSR count). The van der Waals surface area contributed by atoms with Crippen LogP contribution < -0.4 is 0 Å². The second-order valence-electron chi connectivity index (χ2n) is 8.43. The fourth-order valence-corrected chi connectivity index (χ4v) is 4.69. The highest BCUT2D eigenvalue weighted by Crippen LogP contribution is 2.41. The van der Waals surface area contributed by atoms with Crippen LogP contribution in [0.5, 0.6) is 0 Å². The van der Waals surface area contributed by atoms with Crippen molar-refractivity contribution in [2.24, 2.45) is 0 Å². The van der Waals surface area contributed by atoms with Gasteiger partial charge in [0.2, 0.25) is 0 Å². The molecule has 2 N–H and O–H groups in total. The average molecular weight is 472 g/mol. The Morgan fingerprint density at radius 2 is 1.97 bits per heavy atom. The molecule has 0 saturated carbocycles. The number of aliphatic hydroxyl groups excluding tert-OH is 1. The van der Waals surface area contributed by atoms with Crippen molar-refractivity contribution in [3.8, 4) is 0 Å². The average Bonchev–Trinajstić information content (AvgIpc) is 3.53. The number of aromatic nitrogens is 1. The highest BCUT2D eigenvalue weighted by Gasteiger charge is 2.47. The first-order valence-corrected chi connectivity index (χ1v) is 11.2. The van der Waals surface area contributed by atoms with E-state index in [0.717, 1.165) is 19.6 Å². The van der Waals surface area contributed by atoms with E-state index < -0.39 is 23.7 Å². The maximum absolute atomic E-state index is 13.1. The highest BCUT2D eigenvalue weighted by atomic mass is 16.5. The lowest BCUT2D eigenvalue weighted by Crippen LogP contribution is -2.38. The second kappa shape index (κ2) is 9.86. The van der Waals surface area contributed by atoms with Crippen LogP contribution in [0, 0.1) is 13.8 Å². The fraction of sp³-hybridized carbons (Fsp3) is 0.458. The van der Waals surface area contributed by atoms with Crippen LogP contribution in [0.15, 0.2) is 28.4 Å². The largest absolute Gasteiger partial charge is 0.507 e. The van der Waals surface area contributed by atoms with E-state index in [9.17, 15) is 19.5 Å². The van der Waals surface area contributed by atoms with Crippen molar-refractivity contribution >= 4 is 23.4 Å².